The summed E-state index contributed by atoms with van der Waals surface area (Å²) in [6.45, 7) is 4.97. The average molecular weight is 1090 g/mol. The molecule has 0 aromatic heterocycles. The van der Waals surface area contributed by atoms with Gasteiger partial charge < -0.3 is 20.3 Å². The summed E-state index contributed by atoms with van der Waals surface area (Å²) in [5.74, 6) is -0.0220. The highest BCUT2D eigenvalue weighted by molar-refractivity contribution is 5.76. The number of unbranched alkanes of at least 4 members (excludes halogenated alkanes) is 54. The lowest BCUT2D eigenvalue weighted by Gasteiger charge is -2.22. The van der Waals surface area contributed by atoms with Crippen molar-refractivity contribution in [3.05, 3.63) is 12.2 Å². The average Bonchev–Trinajstić information content (AvgIpc) is 3.43. The van der Waals surface area contributed by atoms with Gasteiger partial charge in [0.2, 0.25) is 5.91 Å². The third-order valence-electron chi connectivity index (χ3n) is 16.8. The Morgan fingerprint density at radius 1 is 0.351 bits per heavy atom. The monoisotopic (exact) mass is 1090 g/mol. The molecule has 0 spiro atoms. The molecule has 0 saturated heterocycles. The lowest BCUT2D eigenvalue weighted by molar-refractivity contribution is -0.143. The van der Waals surface area contributed by atoms with E-state index in [1.165, 1.54) is 327 Å². The molecule has 0 aromatic rings. The molecule has 6 nitrogen and oxygen atoms in total. The summed E-state index contributed by atoms with van der Waals surface area (Å²) in [4.78, 5) is 24.6. The number of amides is 1. The van der Waals surface area contributed by atoms with Gasteiger partial charge in [0.05, 0.1) is 25.4 Å². The first-order valence-electron chi connectivity index (χ1n) is 35.4. The zero-order valence-electron chi connectivity index (χ0n) is 52.5. The highest BCUT2D eigenvalue weighted by atomic mass is 16.5. The van der Waals surface area contributed by atoms with Crippen LogP contribution in [0, 0.1) is 0 Å². The molecule has 0 fully saturated rings. The molecule has 458 valence electrons. The number of esters is 1. The van der Waals surface area contributed by atoms with E-state index < -0.39 is 12.1 Å². The van der Waals surface area contributed by atoms with Crippen molar-refractivity contribution in [1.82, 2.24) is 5.32 Å². The van der Waals surface area contributed by atoms with Crippen molar-refractivity contribution < 1.29 is 24.5 Å². The number of aliphatic hydroxyl groups excluding tert-OH is 2. The Hall–Kier alpha value is -1.40. The van der Waals surface area contributed by atoms with Gasteiger partial charge >= 0.3 is 5.97 Å². The van der Waals surface area contributed by atoms with Crippen LogP contribution in [-0.4, -0.2) is 47.4 Å². The van der Waals surface area contributed by atoms with Gasteiger partial charge in [0, 0.05) is 12.8 Å². The molecule has 0 heterocycles. The molecule has 0 aliphatic carbocycles. The Morgan fingerprint density at radius 2 is 0.610 bits per heavy atom. The molecule has 3 N–H and O–H groups in total. The summed E-state index contributed by atoms with van der Waals surface area (Å²) < 4.78 is 5.47. The summed E-state index contributed by atoms with van der Waals surface area (Å²) >= 11 is 0. The molecule has 0 radical (unpaired) electrons. The van der Waals surface area contributed by atoms with Crippen molar-refractivity contribution in [3.8, 4) is 0 Å². The van der Waals surface area contributed by atoms with E-state index in [1.807, 2.05) is 0 Å². The molecule has 0 saturated carbocycles. The molecule has 0 aromatic carbocycles. The number of carbonyl (C=O) groups is 2. The number of carbonyl (C=O) groups excluding carboxylic acids is 2. The second kappa shape index (κ2) is 67.1. The maximum absolute atomic E-state index is 12.6. The number of nitrogens with one attached hydrogen (secondary N) is 1. The highest BCUT2D eigenvalue weighted by Gasteiger charge is 2.20. The van der Waals surface area contributed by atoms with E-state index in [2.05, 4.69) is 31.3 Å². The van der Waals surface area contributed by atoms with Crippen molar-refractivity contribution in [2.45, 2.75) is 418 Å². The van der Waals surface area contributed by atoms with E-state index in [0.717, 1.165) is 44.9 Å². The molecule has 77 heavy (non-hydrogen) atoms. The maximum Gasteiger partial charge on any atom is 0.305 e. The van der Waals surface area contributed by atoms with Crippen LogP contribution in [0.15, 0.2) is 12.2 Å². The van der Waals surface area contributed by atoms with Crippen LogP contribution in [0.3, 0.4) is 0 Å². The first kappa shape index (κ1) is 75.6. The van der Waals surface area contributed by atoms with Crippen molar-refractivity contribution in [3.63, 3.8) is 0 Å². The van der Waals surface area contributed by atoms with Crippen LogP contribution in [0.5, 0.6) is 0 Å². The number of rotatable bonds is 67. The van der Waals surface area contributed by atoms with E-state index in [9.17, 15) is 19.8 Å². The number of hydrogen-bond acceptors (Lipinski definition) is 5. The first-order valence-corrected chi connectivity index (χ1v) is 35.4. The molecule has 0 bridgehead atoms. The van der Waals surface area contributed by atoms with Gasteiger partial charge in [-0.2, -0.15) is 0 Å². The molecule has 0 rings (SSSR count). The Morgan fingerprint density at radius 3 is 0.948 bits per heavy atom. The number of aliphatic hydroxyl groups is 2. The second-order valence-corrected chi connectivity index (χ2v) is 24.6. The van der Waals surface area contributed by atoms with E-state index in [4.69, 9.17) is 4.74 Å². The summed E-state index contributed by atoms with van der Waals surface area (Å²) in [7, 11) is 0. The molecule has 2 unspecified atom stereocenters. The summed E-state index contributed by atoms with van der Waals surface area (Å²) in [6.07, 6.45) is 82.6. The van der Waals surface area contributed by atoms with Gasteiger partial charge in [0.1, 0.15) is 0 Å². The zero-order valence-corrected chi connectivity index (χ0v) is 52.5. The molecule has 0 aliphatic heterocycles. The van der Waals surface area contributed by atoms with Crippen molar-refractivity contribution in [1.29, 1.82) is 0 Å². The third-order valence-corrected chi connectivity index (χ3v) is 16.8. The fraction of sp³-hybridized carbons (Fsp3) is 0.944. The van der Waals surface area contributed by atoms with Gasteiger partial charge in [0.25, 0.3) is 0 Å². The molecule has 2 atom stereocenters. The molecule has 1 amide bonds. The molecular weight excluding hydrogens is 947 g/mol. The predicted octanol–water partition coefficient (Wildman–Crippen LogP) is 22.8. The van der Waals surface area contributed by atoms with E-state index in [1.54, 1.807) is 0 Å². The maximum atomic E-state index is 12.6. The number of hydrogen-bond donors (Lipinski definition) is 3. The van der Waals surface area contributed by atoms with Gasteiger partial charge in [-0.15, -0.1) is 0 Å². The Kier molecular flexibility index (Phi) is 65.9. The lowest BCUT2D eigenvalue weighted by Crippen LogP contribution is -2.45. The van der Waals surface area contributed by atoms with Crippen LogP contribution in [0.1, 0.15) is 406 Å². The fourth-order valence-corrected chi connectivity index (χ4v) is 11.4. The number of ether oxygens (including phenoxy) is 1. The topological polar surface area (TPSA) is 95.9 Å². The van der Waals surface area contributed by atoms with Gasteiger partial charge in [-0.25, -0.2) is 0 Å². The lowest BCUT2D eigenvalue weighted by atomic mass is 10.0. The third kappa shape index (κ3) is 63.6. The van der Waals surface area contributed by atoms with E-state index in [0.29, 0.717) is 25.9 Å². The minimum Gasteiger partial charge on any atom is -0.466 e. The zero-order chi connectivity index (χ0) is 55.7. The largest absolute Gasteiger partial charge is 0.466 e. The Bertz CT molecular complexity index is 1160. The first-order chi connectivity index (χ1) is 38.0. The summed E-state index contributed by atoms with van der Waals surface area (Å²) in [5, 5.41) is 23.4. The van der Waals surface area contributed by atoms with Gasteiger partial charge in [-0.05, 0) is 51.4 Å². The van der Waals surface area contributed by atoms with E-state index in [-0.39, 0.29) is 18.5 Å². The highest BCUT2D eigenvalue weighted by Crippen LogP contribution is 2.19. The summed E-state index contributed by atoms with van der Waals surface area (Å²) in [5.41, 5.74) is 0. The van der Waals surface area contributed by atoms with Gasteiger partial charge in [0.15, 0.2) is 0 Å². The number of allylic oxidation sites excluding steroid dienone is 2. The van der Waals surface area contributed by atoms with Crippen LogP contribution in [-0.2, 0) is 14.3 Å². The van der Waals surface area contributed by atoms with Crippen LogP contribution in [0.25, 0.3) is 0 Å². The Labute approximate surface area is 482 Å². The van der Waals surface area contributed by atoms with Crippen LogP contribution >= 0.6 is 0 Å². The predicted molar refractivity (Wildman–Crippen MR) is 338 cm³/mol. The second-order valence-electron chi connectivity index (χ2n) is 24.6. The van der Waals surface area contributed by atoms with Gasteiger partial charge in [-0.1, -0.05) is 353 Å². The molecular formula is C71H139NO5. The SMILES string of the molecule is CCCCC/C=C\CCCCCCCC(=O)OCCCCCCCCCCCCCCCCCCCCCCCCCCC(=O)NC(CO)C(O)CCCCCCCCCCCCCCCCCCCCCCCCCC. The van der Waals surface area contributed by atoms with Crippen LogP contribution < -0.4 is 5.32 Å². The van der Waals surface area contributed by atoms with Crippen LogP contribution in [0.2, 0.25) is 0 Å². The minimum absolute atomic E-state index is 0.00648. The standard InChI is InChI=1S/C71H139NO5/c1-3-5-7-9-11-13-15-17-18-19-20-21-22-25-28-31-34-37-40-43-47-51-55-59-63-69(74)68(67-73)72-70(75)64-60-56-52-48-44-41-38-35-32-29-26-23-24-27-30-33-36-39-42-46-50-54-58-62-66-77-71(76)65-61-57-53-49-45-16-14-12-10-8-6-4-2/h12,14,68-69,73-74H,3-11,13,15-67H2,1-2H3,(H,72,75)/b14-12-. The van der Waals surface area contributed by atoms with Crippen LogP contribution in [0.4, 0.5) is 0 Å². The molecule has 6 heteroatoms. The quantitative estimate of drug-likeness (QED) is 0.0320. The van der Waals surface area contributed by atoms with E-state index >= 15 is 0 Å². The molecule has 0 aliphatic rings. The summed E-state index contributed by atoms with van der Waals surface area (Å²) in [6, 6.07) is -0.541. The Balaban J connectivity index is 3.37. The normalized spacial score (nSPS) is 12.5. The fourth-order valence-electron chi connectivity index (χ4n) is 11.4. The van der Waals surface area contributed by atoms with Crippen molar-refractivity contribution in [2.24, 2.45) is 0 Å². The smallest absolute Gasteiger partial charge is 0.305 e. The minimum atomic E-state index is -0.664. The van der Waals surface area contributed by atoms with Crippen molar-refractivity contribution >= 4 is 11.9 Å². The van der Waals surface area contributed by atoms with Gasteiger partial charge in [-0.3, -0.25) is 9.59 Å². The van der Waals surface area contributed by atoms with Crippen molar-refractivity contribution in [2.75, 3.05) is 13.2 Å².